The molecular formula is C16H31N3S. The lowest BCUT2D eigenvalue weighted by atomic mass is 10.2. The molecule has 0 bridgehead atoms. The predicted octanol–water partition coefficient (Wildman–Crippen LogP) is 4.22. The fourth-order valence-corrected chi connectivity index (χ4v) is 3.36. The molecule has 1 aromatic heterocycles. The van der Waals surface area contributed by atoms with Gasteiger partial charge in [-0.05, 0) is 32.7 Å². The van der Waals surface area contributed by atoms with Gasteiger partial charge >= 0.3 is 0 Å². The molecule has 3 nitrogen and oxygen atoms in total. The normalized spacial score (nSPS) is 11.0. The van der Waals surface area contributed by atoms with Crippen molar-refractivity contribution in [3.05, 3.63) is 10.6 Å². The molecule has 0 aliphatic heterocycles. The number of hydrogen-bond acceptors (Lipinski definition) is 4. The Hall–Kier alpha value is -0.610. The Morgan fingerprint density at radius 3 is 2.50 bits per heavy atom. The molecule has 0 atom stereocenters. The molecule has 0 spiro atoms. The van der Waals surface area contributed by atoms with E-state index < -0.39 is 0 Å². The molecule has 1 heterocycles. The maximum atomic E-state index is 4.91. The minimum absolute atomic E-state index is 0.978. The van der Waals surface area contributed by atoms with Gasteiger partial charge in [0.2, 0.25) is 0 Å². The first-order valence-corrected chi connectivity index (χ1v) is 9.02. The molecule has 1 N–H and O–H groups in total. The fraction of sp³-hybridized carbons (Fsp3) is 0.812. The molecule has 0 unspecified atom stereocenters. The van der Waals surface area contributed by atoms with Crippen LogP contribution in [0.4, 0.5) is 5.13 Å². The van der Waals surface area contributed by atoms with Crippen LogP contribution in [0.5, 0.6) is 0 Å². The molecule has 0 amide bonds. The summed E-state index contributed by atoms with van der Waals surface area (Å²) in [5.41, 5.74) is 1.31. The van der Waals surface area contributed by atoms with Crippen molar-refractivity contribution in [2.24, 2.45) is 0 Å². The molecule has 0 saturated carbocycles. The number of anilines is 1. The molecule has 1 aromatic rings. The van der Waals surface area contributed by atoms with E-state index in [9.17, 15) is 0 Å². The maximum Gasteiger partial charge on any atom is 0.185 e. The number of aryl methyl sites for hydroxylation is 1. The van der Waals surface area contributed by atoms with Crippen molar-refractivity contribution < 1.29 is 0 Å². The second-order valence-corrected chi connectivity index (χ2v) is 6.29. The van der Waals surface area contributed by atoms with Gasteiger partial charge in [-0.3, -0.25) is 0 Å². The van der Waals surface area contributed by atoms with E-state index >= 15 is 0 Å². The first-order chi connectivity index (χ1) is 9.76. The average molecular weight is 298 g/mol. The zero-order valence-corrected chi connectivity index (χ0v) is 14.5. The van der Waals surface area contributed by atoms with E-state index in [4.69, 9.17) is 4.98 Å². The summed E-state index contributed by atoms with van der Waals surface area (Å²) in [5.74, 6) is 0. The summed E-state index contributed by atoms with van der Waals surface area (Å²) in [6.07, 6.45) is 5.96. The van der Waals surface area contributed by atoms with E-state index in [1.54, 1.807) is 0 Å². The van der Waals surface area contributed by atoms with Crippen LogP contribution < -0.4 is 10.2 Å². The molecule has 20 heavy (non-hydrogen) atoms. The highest BCUT2D eigenvalue weighted by molar-refractivity contribution is 7.15. The molecular weight excluding hydrogens is 266 g/mol. The van der Waals surface area contributed by atoms with E-state index in [1.165, 1.54) is 41.4 Å². The van der Waals surface area contributed by atoms with E-state index in [-0.39, 0.29) is 0 Å². The Kier molecular flexibility index (Phi) is 8.86. The van der Waals surface area contributed by atoms with E-state index in [1.807, 2.05) is 11.3 Å². The molecule has 0 saturated heterocycles. The lowest BCUT2D eigenvalue weighted by Crippen LogP contribution is -2.23. The molecule has 0 radical (unpaired) electrons. The van der Waals surface area contributed by atoms with Gasteiger partial charge < -0.3 is 10.2 Å². The number of hydrogen-bond donors (Lipinski definition) is 1. The third kappa shape index (κ3) is 5.41. The summed E-state index contributed by atoms with van der Waals surface area (Å²) in [6, 6.07) is 0. The van der Waals surface area contributed by atoms with Crippen LogP contribution in [-0.2, 0) is 13.0 Å². The highest BCUT2D eigenvalue weighted by Gasteiger charge is 2.14. The van der Waals surface area contributed by atoms with Crippen molar-refractivity contribution in [2.75, 3.05) is 24.5 Å². The van der Waals surface area contributed by atoms with Crippen molar-refractivity contribution >= 4 is 16.5 Å². The third-order valence-electron chi connectivity index (χ3n) is 3.40. The number of rotatable bonds is 11. The summed E-state index contributed by atoms with van der Waals surface area (Å²) in [4.78, 5) is 8.77. The summed E-state index contributed by atoms with van der Waals surface area (Å²) in [5, 5.41) is 4.74. The van der Waals surface area contributed by atoms with Crippen LogP contribution in [-0.4, -0.2) is 24.6 Å². The summed E-state index contributed by atoms with van der Waals surface area (Å²) in [6.45, 7) is 13.2. The molecule has 1 rings (SSSR count). The van der Waals surface area contributed by atoms with Crippen LogP contribution in [0.2, 0.25) is 0 Å². The number of aromatic nitrogens is 1. The van der Waals surface area contributed by atoms with Gasteiger partial charge in [-0.1, -0.05) is 33.6 Å². The van der Waals surface area contributed by atoms with Crippen LogP contribution in [0.15, 0.2) is 0 Å². The quantitative estimate of drug-likeness (QED) is 0.620. The maximum absolute atomic E-state index is 4.91. The Bertz CT molecular complexity index is 363. The van der Waals surface area contributed by atoms with Gasteiger partial charge in [0.25, 0.3) is 0 Å². The van der Waals surface area contributed by atoms with E-state index in [0.29, 0.717) is 0 Å². The Morgan fingerprint density at radius 1 is 1.10 bits per heavy atom. The van der Waals surface area contributed by atoms with Crippen molar-refractivity contribution in [1.82, 2.24) is 10.3 Å². The lowest BCUT2D eigenvalue weighted by Gasteiger charge is -2.19. The van der Waals surface area contributed by atoms with Crippen LogP contribution in [0.1, 0.15) is 63.9 Å². The topological polar surface area (TPSA) is 28.2 Å². The van der Waals surface area contributed by atoms with Crippen LogP contribution >= 0.6 is 11.3 Å². The monoisotopic (exact) mass is 297 g/mol. The molecule has 0 fully saturated rings. The van der Waals surface area contributed by atoms with Crippen LogP contribution in [0.3, 0.4) is 0 Å². The van der Waals surface area contributed by atoms with E-state index in [0.717, 1.165) is 32.6 Å². The second kappa shape index (κ2) is 10.2. The zero-order valence-electron chi connectivity index (χ0n) is 13.7. The predicted molar refractivity (Wildman–Crippen MR) is 90.9 cm³/mol. The fourth-order valence-electron chi connectivity index (χ4n) is 2.19. The highest BCUT2D eigenvalue weighted by Crippen LogP contribution is 2.27. The first-order valence-electron chi connectivity index (χ1n) is 8.20. The largest absolute Gasteiger partial charge is 0.348 e. The van der Waals surface area contributed by atoms with Crippen molar-refractivity contribution in [2.45, 2.75) is 66.3 Å². The lowest BCUT2D eigenvalue weighted by molar-refractivity contribution is 0.674. The molecule has 116 valence electrons. The van der Waals surface area contributed by atoms with Gasteiger partial charge in [0.15, 0.2) is 5.13 Å². The van der Waals surface area contributed by atoms with E-state index in [2.05, 4.69) is 37.9 Å². The van der Waals surface area contributed by atoms with Crippen molar-refractivity contribution in [3.8, 4) is 0 Å². The second-order valence-electron chi connectivity index (χ2n) is 5.23. The van der Waals surface area contributed by atoms with Crippen molar-refractivity contribution in [3.63, 3.8) is 0 Å². The minimum atomic E-state index is 0.978. The molecule has 0 aromatic carbocycles. The number of unbranched alkanes of at least 4 members (excludes halogenated alkanes) is 1. The smallest absolute Gasteiger partial charge is 0.185 e. The van der Waals surface area contributed by atoms with Crippen molar-refractivity contribution in [1.29, 1.82) is 0 Å². The van der Waals surface area contributed by atoms with Crippen LogP contribution in [0, 0.1) is 0 Å². The Balaban J connectivity index is 2.77. The number of nitrogens with one attached hydrogen (secondary N) is 1. The standard InChI is InChI=1S/C16H31N3S/c1-5-9-12-19(8-4)16-18-14(10-6-2)15(20-16)13-17-11-7-3/h17H,5-13H2,1-4H3. The third-order valence-corrected chi connectivity index (χ3v) is 4.56. The molecule has 0 aliphatic rings. The van der Waals surface area contributed by atoms with Gasteiger partial charge in [0, 0.05) is 24.5 Å². The van der Waals surface area contributed by atoms with Gasteiger partial charge in [-0.2, -0.15) is 0 Å². The molecule has 4 heteroatoms. The van der Waals surface area contributed by atoms with Gasteiger partial charge in [0.05, 0.1) is 5.69 Å². The summed E-state index contributed by atoms with van der Waals surface area (Å²) in [7, 11) is 0. The minimum Gasteiger partial charge on any atom is -0.348 e. The first kappa shape index (κ1) is 17.4. The van der Waals surface area contributed by atoms with Gasteiger partial charge in [0.1, 0.15) is 0 Å². The zero-order chi connectivity index (χ0) is 14.8. The SMILES string of the molecule is CCCCN(CC)c1nc(CCC)c(CNCCC)s1. The summed E-state index contributed by atoms with van der Waals surface area (Å²) >= 11 is 1.89. The Labute approximate surface area is 128 Å². The highest BCUT2D eigenvalue weighted by atomic mass is 32.1. The summed E-state index contributed by atoms with van der Waals surface area (Å²) < 4.78 is 0. The van der Waals surface area contributed by atoms with Gasteiger partial charge in [-0.15, -0.1) is 11.3 Å². The average Bonchev–Trinajstić information content (AvgIpc) is 2.84. The van der Waals surface area contributed by atoms with Crippen LogP contribution in [0.25, 0.3) is 0 Å². The number of thiazole rings is 1. The van der Waals surface area contributed by atoms with Gasteiger partial charge in [-0.25, -0.2) is 4.98 Å². The molecule has 0 aliphatic carbocycles. The number of nitrogens with zero attached hydrogens (tertiary/aromatic N) is 2. The Morgan fingerprint density at radius 2 is 1.90 bits per heavy atom.